The van der Waals surface area contributed by atoms with Gasteiger partial charge in [0, 0.05) is 10.0 Å². The third-order valence-electron chi connectivity index (χ3n) is 9.37. The number of ether oxygens (including phenoxy) is 3. The number of nitrogens with one attached hydrogen (secondary N) is 1. The van der Waals surface area contributed by atoms with Gasteiger partial charge in [-0.3, -0.25) is 19.7 Å². The highest BCUT2D eigenvalue weighted by Gasteiger charge is 2.28. The largest absolute Gasteiger partial charge is 0.460 e. The summed E-state index contributed by atoms with van der Waals surface area (Å²) in [5.74, 6) is -1.24. The van der Waals surface area contributed by atoms with Crippen molar-refractivity contribution in [1.29, 1.82) is 0 Å². The highest BCUT2D eigenvalue weighted by molar-refractivity contribution is 6.31. The summed E-state index contributed by atoms with van der Waals surface area (Å²) in [4.78, 5) is 37.7. The van der Waals surface area contributed by atoms with Crippen LogP contribution in [-0.4, -0.2) is 48.7 Å². The molecule has 0 heterocycles. The van der Waals surface area contributed by atoms with E-state index < -0.39 is 41.6 Å². The summed E-state index contributed by atoms with van der Waals surface area (Å²) in [5.41, 5.74) is 17.8. The molecule has 330 valence electrons. The van der Waals surface area contributed by atoms with Crippen molar-refractivity contribution in [2.45, 2.75) is 77.5 Å². The number of hydrogen-bond acceptors (Lipinski definition) is 9. The van der Waals surface area contributed by atoms with Gasteiger partial charge in [-0.05, 0) is 116 Å². The summed E-state index contributed by atoms with van der Waals surface area (Å²) in [7, 11) is 1.50. The molecule has 0 saturated heterocycles. The maximum Gasteiger partial charge on any atom is 0.323 e. The molecule has 0 aliphatic rings. The number of carbonyl (C=O) groups is 3. The number of esters is 3. The Labute approximate surface area is 381 Å². The van der Waals surface area contributed by atoms with Crippen LogP contribution in [0.1, 0.15) is 49.9 Å². The van der Waals surface area contributed by atoms with Gasteiger partial charge < -0.3 is 25.7 Å². The monoisotopic (exact) mass is 889 g/mol. The Hall–Kier alpha value is -5.81. The summed E-state index contributed by atoms with van der Waals surface area (Å²) in [6.07, 6.45) is 0.792. The van der Waals surface area contributed by atoms with Crippen molar-refractivity contribution in [3.63, 3.8) is 0 Å². The molecular weight excluding hydrogens is 833 g/mol. The molecule has 0 aromatic heterocycles. The van der Waals surface area contributed by atoms with Crippen LogP contribution in [0.25, 0.3) is 22.3 Å². The van der Waals surface area contributed by atoms with Crippen molar-refractivity contribution in [3.05, 3.63) is 190 Å². The third kappa shape index (κ3) is 17.5. The number of rotatable bonds is 15. The minimum atomic E-state index is -0.724. The summed E-state index contributed by atoms with van der Waals surface area (Å²) in [6, 6.07) is 48.2. The lowest BCUT2D eigenvalue weighted by Crippen LogP contribution is -2.49. The quantitative estimate of drug-likeness (QED) is 0.0678. The number of hydrogen-bond donors (Lipinski definition) is 3. The fourth-order valence-electron chi connectivity index (χ4n) is 6.21. The molecule has 0 amide bonds. The van der Waals surface area contributed by atoms with E-state index in [1.165, 1.54) is 7.05 Å². The van der Waals surface area contributed by atoms with E-state index in [1.54, 1.807) is 6.92 Å². The number of benzene rings is 6. The van der Waals surface area contributed by atoms with E-state index in [1.807, 2.05) is 178 Å². The molecule has 0 unspecified atom stereocenters. The Morgan fingerprint density at radius 1 is 0.540 bits per heavy atom. The zero-order valence-corrected chi connectivity index (χ0v) is 37.9. The minimum absolute atomic E-state index is 0.159. The van der Waals surface area contributed by atoms with Crippen molar-refractivity contribution in [1.82, 2.24) is 5.32 Å². The van der Waals surface area contributed by atoms with Gasteiger partial charge in [-0.25, -0.2) is 0 Å². The Kier molecular flexibility index (Phi) is 20.0. The number of nitrogens with two attached hydrogens (primary N) is 2. The summed E-state index contributed by atoms with van der Waals surface area (Å²) < 4.78 is 16.3. The van der Waals surface area contributed by atoms with Crippen molar-refractivity contribution in [2.75, 3.05) is 7.05 Å². The van der Waals surface area contributed by atoms with Gasteiger partial charge in [-0.15, -0.1) is 0 Å². The van der Waals surface area contributed by atoms with E-state index in [0.717, 1.165) is 44.5 Å². The smallest absolute Gasteiger partial charge is 0.323 e. The van der Waals surface area contributed by atoms with Crippen molar-refractivity contribution in [2.24, 2.45) is 11.5 Å². The number of halogens is 2. The van der Waals surface area contributed by atoms with E-state index in [-0.39, 0.29) is 13.2 Å². The van der Waals surface area contributed by atoms with Crippen LogP contribution < -0.4 is 16.8 Å². The molecule has 0 aliphatic carbocycles. The fourth-order valence-corrected chi connectivity index (χ4v) is 6.59. The van der Waals surface area contributed by atoms with Crippen molar-refractivity contribution < 1.29 is 28.6 Å². The first-order valence-electron chi connectivity index (χ1n) is 20.7. The number of carbonyl (C=O) groups excluding carboxylic acids is 3. The lowest BCUT2D eigenvalue weighted by molar-refractivity contribution is -0.158. The minimum Gasteiger partial charge on any atom is -0.460 e. The Bertz CT molecular complexity index is 2320. The molecule has 0 spiro atoms. The molecule has 6 rings (SSSR count). The Morgan fingerprint density at radius 2 is 0.968 bits per heavy atom. The predicted molar refractivity (Wildman–Crippen MR) is 254 cm³/mol. The van der Waals surface area contributed by atoms with E-state index in [4.69, 9.17) is 43.1 Å². The molecule has 0 fully saturated rings. The van der Waals surface area contributed by atoms with Crippen LogP contribution in [-0.2, 0) is 54.6 Å². The first-order valence-corrected chi connectivity index (χ1v) is 21.4. The second kappa shape index (κ2) is 25.3. The SMILES string of the molecule is CN.C[C@H](N[C@@H](Cc1ccc(-c2cccc(Cl)c2)cc1)C(=O)OCc1ccccc1)C(=O)OC(C)(C)C.N[C@@H](Cc1ccc(-c2cccc(Cl)c2)cc1)C(=O)OCc1ccccc1. The standard InChI is InChI=1S/C29H32ClNO4.C22H20ClNO2.CH5N/c1-20(27(32)35-29(2,3)4)31-26(28(33)34-19-22-9-6-5-7-10-22)17-21-13-15-23(16-14-21)24-11-8-12-25(30)18-24;23-20-8-4-7-19(14-20)18-11-9-16(10-12-18)13-21(24)22(25)26-15-17-5-2-1-3-6-17;1-2/h5-16,18,20,26,31H,17,19H2,1-4H3;1-12,14,21H,13,15,24H2;2H2,1H3/t20-,26-;21-;/m00./s1. The first kappa shape index (κ1) is 49.8. The maximum absolute atomic E-state index is 13.0. The molecule has 3 atom stereocenters. The van der Waals surface area contributed by atoms with Gasteiger partial charge >= 0.3 is 17.9 Å². The fraction of sp³-hybridized carbons (Fsp3) is 0.250. The molecule has 11 heteroatoms. The molecular formula is C52H57Cl2N3O6. The van der Waals surface area contributed by atoms with Crippen molar-refractivity contribution >= 4 is 41.1 Å². The van der Waals surface area contributed by atoms with E-state index >= 15 is 0 Å². The van der Waals surface area contributed by atoms with E-state index in [2.05, 4.69) is 11.1 Å². The Balaban J connectivity index is 0.000000276. The van der Waals surface area contributed by atoms with Gasteiger partial charge in [-0.2, -0.15) is 0 Å². The zero-order chi connectivity index (χ0) is 45.8. The lowest BCUT2D eigenvalue weighted by Gasteiger charge is -2.25. The highest BCUT2D eigenvalue weighted by atomic mass is 35.5. The zero-order valence-electron chi connectivity index (χ0n) is 36.4. The predicted octanol–water partition coefficient (Wildman–Crippen LogP) is 10.2. The third-order valence-corrected chi connectivity index (χ3v) is 9.84. The van der Waals surface area contributed by atoms with Gasteiger partial charge in [0.2, 0.25) is 0 Å². The van der Waals surface area contributed by atoms with Gasteiger partial charge in [0.05, 0.1) is 0 Å². The van der Waals surface area contributed by atoms with E-state index in [0.29, 0.717) is 22.9 Å². The molecule has 6 aromatic carbocycles. The summed E-state index contributed by atoms with van der Waals surface area (Å²) >= 11 is 12.2. The van der Waals surface area contributed by atoms with Gasteiger partial charge in [-0.1, -0.05) is 157 Å². The highest BCUT2D eigenvalue weighted by Crippen LogP contribution is 2.25. The van der Waals surface area contributed by atoms with Crippen LogP contribution in [0.3, 0.4) is 0 Å². The summed E-state index contributed by atoms with van der Waals surface area (Å²) in [6.45, 7) is 7.52. The average molecular weight is 891 g/mol. The lowest BCUT2D eigenvalue weighted by atomic mass is 10.00. The maximum atomic E-state index is 13.0. The van der Waals surface area contributed by atoms with E-state index in [9.17, 15) is 14.4 Å². The molecule has 0 bridgehead atoms. The molecule has 0 saturated carbocycles. The molecule has 0 aliphatic heterocycles. The molecule has 63 heavy (non-hydrogen) atoms. The van der Waals surface area contributed by atoms with Crippen LogP contribution in [0, 0.1) is 0 Å². The van der Waals surface area contributed by atoms with Crippen LogP contribution >= 0.6 is 23.2 Å². The topological polar surface area (TPSA) is 143 Å². The van der Waals surface area contributed by atoms with Gasteiger partial charge in [0.1, 0.15) is 36.9 Å². The van der Waals surface area contributed by atoms with Crippen LogP contribution in [0.15, 0.2) is 158 Å². The molecule has 0 radical (unpaired) electrons. The van der Waals surface area contributed by atoms with Crippen LogP contribution in [0.5, 0.6) is 0 Å². The van der Waals surface area contributed by atoms with Crippen LogP contribution in [0.4, 0.5) is 0 Å². The molecule has 9 nitrogen and oxygen atoms in total. The van der Waals surface area contributed by atoms with Crippen LogP contribution in [0.2, 0.25) is 10.0 Å². The molecule has 5 N–H and O–H groups in total. The second-order valence-corrected chi connectivity index (χ2v) is 16.5. The first-order chi connectivity index (χ1) is 30.2. The molecule has 6 aromatic rings. The second-order valence-electron chi connectivity index (χ2n) is 15.6. The van der Waals surface area contributed by atoms with Crippen molar-refractivity contribution in [3.8, 4) is 22.3 Å². The summed E-state index contributed by atoms with van der Waals surface area (Å²) in [5, 5.41) is 4.49. The van der Waals surface area contributed by atoms with Gasteiger partial charge in [0.15, 0.2) is 0 Å². The normalized spacial score (nSPS) is 12.2. The Morgan fingerprint density at radius 3 is 1.40 bits per heavy atom. The average Bonchev–Trinajstić information content (AvgIpc) is 3.28. The van der Waals surface area contributed by atoms with Gasteiger partial charge in [0.25, 0.3) is 0 Å².